The molecule has 1 unspecified atom stereocenters. The van der Waals surface area contributed by atoms with Crippen LogP contribution in [0.3, 0.4) is 0 Å². The molecule has 0 aliphatic heterocycles. The highest BCUT2D eigenvalue weighted by Gasteiger charge is 2.14. The molecule has 0 saturated carbocycles. The van der Waals surface area contributed by atoms with Gasteiger partial charge in [0.1, 0.15) is 5.69 Å². The highest BCUT2D eigenvalue weighted by atomic mass is 79.9. The van der Waals surface area contributed by atoms with Gasteiger partial charge in [-0.05, 0) is 34.5 Å². The van der Waals surface area contributed by atoms with Crippen LogP contribution < -0.4 is 0 Å². The van der Waals surface area contributed by atoms with Crippen LogP contribution in [0.5, 0.6) is 0 Å². The van der Waals surface area contributed by atoms with Crippen molar-refractivity contribution in [2.45, 2.75) is 18.7 Å². The second-order valence-corrected chi connectivity index (χ2v) is 5.80. The molecule has 3 nitrogen and oxygen atoms in total. The quantitative estimate of drug-likeness (QED) is 0.561. The maximum atomic E-state index is 6.17. The standard InChI is InChI=1S/C11H9BrCl3N3/c1-2-7(13)8-5-18(17-16-8)9-4-3-6(12)10(14)11(9)15/h3-5,7H,2H2,1H3. The summed E-state index contributed by atoms with van der Waals surface area (Å²) < 4.78 is 2.31. The van der Waals surface area contributed by atoms with Crippen LogP contribution in [0.4, 0.5) is 0 Å². The highest BCUT2D eigenvalue weighted by molar-refractivity contribution is 9.10. The molecule has 0 radical (unpaired) electrons. The zero-order valence-corrected chi connectivity index (χ0v) is 13.2. The van der Waals surface area contributed by atoms with Crippen LogP contribution in [0.2, 0.25) is 10.0 Å². The molecule has 0 aliphatic rings. The predicted molar refractivity (Wildman–Crippen MR) is 78.0 cm³/mol. The summed E-state index contributed by atoms with van der Waals surface area (Å²) in [7, 11) is 0. The molecule has 1 aromatic heterocycles. The molecule has 0 saturated heterocycles. The summed E-state index contributed by atoms with van der Waals surface area (Å²) >= 11 is 21.7. The SMILES string of the molecule is CCC(Cl)c1cn(-c2ccc(Br)c(Cl)c2Cl)nn1. The summed E-state index contributed by atoms with van der Waals surface area (Å²) in [4.78, 5) is 0. The van der Waals surface area contributed by atoms with E-state index in [1.165, 1.54) is 0 Å². The van der Waals surface area contributed by atoms with Gasteiger partial charge in [-0.2, -0.15) is 0 Å². The Bertz CT molecular complexity index is 571. The number of hydrogen-bond donors (Lipinski definition) is 0. The lowest BCUT2D eigenvalue weighted by atomic mass is 10.2. The van der Waals surface area contributed by atoms with Crippen LogP contribution in [0, 0.1) is 0 Å². The van der Waals surface area contributed by atoms with Gasteiger partial charge < -0.3 is 0 Å². The topological polar surface area (TPSA) is 30.7 Å². The van der Waals surface area contributed by atoms with Crippen LogP contribution in [0.15, 0.2) is 22.8 Å². The van der Waals surface area contributed by atoms with Crippen molar-refractivity contribution < 1.29 is 0 Å². The van der Waals surface area contributed by atoms with Gasteiger partial charge in [0.25, 0.3) is 0 Å². The lowest BCUT2D eigenvalue weighted by molar-refractivity contribution is 0.786. The molecule has 1 atom stereocenters. The largest absolute Gasteiger partial charge is 0.219 e. The monoisotopic (exact) mass is 367 g/mol. The molecule has 2 rings (SSSR count). The molecule has 0 spiro atoms. The van der Waals surface area contributed by atoms with E-state index in [2.05, 4.69) is 26.2 Å². The van der Waals surface area contributed by atoms with Crippen molar-refractivity contribution in [3.05, 3.63) is 38.5 Å². The molecule has 18 heavy (non-hydrogen) atoms. The van der Waals surface area contributed by atoms with Gasteiger partial charge in [0.15, 0.2) is 0 Å². The third-order valence-electron chi connectivity index (χ3n) is 2.45. The third kappa shape index (κ3) is 2.67. The zero-order chi connectivity index (χ0) is 13.3. The molecule has 0 bridgehead atoms. The van der Waals surface area contributed by atoms with Crippen molar-refractivity contribution in [1.29, 1.82) is 0 Å². The van der Waals surface area contributed by atoms with Gasteiger partial charge in [-0.3, -0.25) is 0 Å². The third-order valence-corrected chi connectivity index (χ3v) is 4.75. The first kappa shape index (κ1) is 14.1. The summed E-state index contributed by atoms with van der Waals surface area (Å²) in [5, 5.41) is 8.76. The van der Waals surface area contributed by atoms with E-state index in [0.29, 0.717) is 21.4 Å². The molecule has 7 heteroatoms. The van der Waals surface area contributed by atoms with Crippen molar-refractivity contribution >= 4 is 50.7 Å². The number of rotatable bonds is 3. The number of aromatic nitrogens is 3. The first-order chi connectivity index (χ1) is 8.54. The molecular formula is C11H9BrCl3N3. The molecule has 0 aliphatic carbocycles. The minimum Gasteiger partial charge on any atom is -0.219 e. The molecule has 0 amide bonds. The summed E-state index contributed by atoms with van der Waals surface area (Å²) in [5.41, 5.74) is 1.39. The first-order valence-corrected chi connectivity index (χ1v) is 7.23. The van der Waals surface area contributed by atoms with E-state index < -0.39 is 0 Å². The van der Waals surface area contributed by atoms with Gasteiger partial charge >= 0.3 is 0 Å². The number of hydrogen-bond acceptors (Lipinski definition) is 2. The maximum Gasteiger partial charge on any atom is 0.101 e. The van der Waals surface area contributed by atoms with E-state index in [0.717, 1.165) is 10.9 Å². The second-order valence-electron chi connectivity index (χ2n) is 3.66. The van der Waals surface area contributed by atoms with Crippen molar-refractivity contribution in [2.75, 3.05) is 0 Å². The average Bonchev–Trinajstić information content (AvgIpc) is 2.84. The minimum absolute atomic E-state index is 0.150. The highest BCUT2D eigenvalue weighted by Crippen LogP contribution is 2.34. The second kappa shape index (κ2) is 5.78. The van der Waals surface area contributed by atoms with Gasteiger partial charge in [0, 0.05) is 4.47 Å². The molecular weight excluding hydrogens is 360 g/mol. The van der Waals surface area contributed by atoms with Crippen LogP contribution in [-0.2, 0) is 0 Å². The fraction of sp³-hybridized carbons (Fsp3) is 0.273. The fourth-order valence-electron chi connectivity index (χ4n) is 1.44. The molecule has 2 aromatic rings. The Labute approximate surface area is 128 Å². The number of halogens is 4. The normalized spacial score (nSPS) is 12.7. The molecule has 96 valence electrons. The van der Waals surface area contributed by atoms with Crippen molar-refractivity contribution in [3.63, 3.8) is 0 Å². The number of benzene rings is 1. The summed E-state index contributed by atoms with van der Waals surface area (Å²) in [6.07, 6.45) is 2.54. The molecule has 1 heterocycles. The lowest BCUT2D eigenvalue weighted by Crippen LogP contribution is -1.96. The Kier molecular flexibility index (Phi) is 4.54. The van der Waals surface area contributed by atoms with Gasteiger partial charge in [-0.15, -0.1) is 16.7 Å². The Morgan fingerprint density at radius 1 is 1.33 bits per heavy atom. The smallest absolute Gasteiger partial charge is 0.101 e. The van der Waals surface area contributed by atoms with E-state index >= 15 is 0 Å². The van der Waals surface area contributed by atoms with Crippen molar-refractivity contribution in [2.24, 2.45) is 0 Å². The Morgan fingerprint density at radius 3 is 2.72 bits per heavy atom. The van der Waals surface area contributed by atoms with Crippen LogP contribution in [0.25, 0.3) is 5.69 Å². The van der Waals surface area contributed by atoms with E-state index in [1.807, 2.05) is 19.1 Å². The van der Waals surface area contributed by atoms with Gasteiger partial charge in [0.2, 0.25) is 0 Å². The lowest BCUT2D eigenvalue weighted by Gasteiger charge is -2.06. The van der Waals surface area contributed by atoms with Gasteiger partial charge in [0.05, 0.1) is 27.3 Å². The maximum absolute atomic E-state index is 6.17. The Balaban J connectivity index is 2.43. The number of nitrogens with zero attached hydrogens (tertiary/aromatic N) is 3. The zero-order valence-electron chi connectivity index (χ0n) is 9.37. The Morgan fingerprint density at radius 2 is 2.06 bits per heavy atom. The molecule has 0 fully saturated rings. The van der Waals surface area contributed by atoms with E-state index in [1.54, 1.807) is 10.9 Å². The summed E-state index contributed by atoms with van der Waals surface area (Å²) in [6.45, 7) is 1.99. The Hall–Kier alpha value is -0.290. The molecule has 1 aromatic carbocycles. The minimum atomic E-state index is -0.150. The fourth-order valence-corrected chi connectivity index (χ4v) is 2.40. The van der Waals surface area contributed by atoms with Crippen molar-refractivity contribution in [1.82, 2.24) is 15.0 Å². The van der Waals surface area contributed by atoms with Crippen molar-refractivity contribution in [3.8, 4) is 5.69 Å². The van der Waals surface area contributed by atoms with Gasteiger partial charge in [-0.25, -0.2) is 4.68 Å². The van der Waals surface area contributed by atoms with Crippen LogP contribution in [0.1, 0.15) is 24.4 Å². The van der Waals surface area contributed by atoms with E-state index in [-0.39, 0.29) is 5.38 Å². The summed E-state index contributed by atoms with van der Waals surface area (Å²) in [5.74, 6) is 0. The average molecular weight is 369 g/mol. The first-order valence-electron chi connectivity index (χ1n) is 5.24. The van der Waals surface area contributed by atoms with E-state index in [4.69, 9.17) is 34.8 Å². The predicted octanol–water partition coefficient (Wildman–Crippen LogP) is 5.03. The van der Waals surface area contributed by atoms with Gasteiger partial charge in [-0.1, -0.05) is 35.3 Å². The summed E-state index contributed by atoms with van der Waals surface area (Å²) in [6, 6.07) is 3.62. The van der Waals surface area contributed by atoms with Crippen LogP contribution in [-0.4, -0.2) is 15.0 Å². The van der Waals surface area contributed by atoms with Crippen LogP contribution >= 0.6 is 50.7 Å². The molecule has 0 N–H and O–H groups in total. The van der Waals surface area contributed by atoms with E-state index in [9.17, 15) is 0 Å². The number of alkyl halides is 1.